The number of aromatic nitrogens is 5. The molecular weight excluding hydrogens is 484 g/mol. The molecule has 0 bridgehead atoms. The van der Waals surface area contributed by atoms with Gasteiger partial charge < -0.3 is 20.5 Å². The number of aliphatic hydroxyl groups is 1. The number of fused-ring (bicyclic) bond motifs is 1. The van der Waals surface area contributed by atoms with Crippen LogP contribution < -0.4 is 15.4 Å². The minimum Gasteiger partial charge on any atom is -0.434 e. The average molecular weight is 504 g/mol. The van der Waals surface area contributed by atoms with Crippen molar-refractivity contribution < 1.29 is 23.4 Å². The highest BCUT2D eigenvalue weighted by atomic mass is 35.5. The molecule has 5 rings (SSSR count). The van der Waals surface area contributed by atoms with E-state index in [2.05, 4.69) is 30.6 Å². The van der Waals surface area contributed by atoms with E-state index in [1.54, 1.807) is 18.5 Å². The topological polar surface area (TPSA) is 119 Å². The summed E-state index contributed by atoms with van der Waals surface area (Å²) in [6, 6.07) is 5.44. The molecule has 1 fully saturated rings. The molecule has 3 N–H and O–H groups in total. The first-order valence-electron chi connectivity index (χ1n) is 10.7. The van der Waals surface area contributed by atoms with E-state index in [0.29, 0.717) is 25.2 Å². The third-order valence-electron chi connectivity index (χ3n) is 5.67. The van der Waals surface area contributed by atoms with E-state index in [0.717, 1.165) is 0 Å². The number of ether oxygens (including phenoxy) is 1. The normalized spacial score (nSPS) is 18.2. The molecule has 0 radical (unpaired) electrons. The maximum Gasteiger partial charge on any atom is 0.387 e. The van der Waals surface area contributed by atoms with Crippen molar-refractivity contribution >= 4 is 28.8 Å². The van der Waals surface area contributed by atoms with Crippen molar-refractivity contribution in [2.24, 2.45) is 0 Å². The van der Waals surface area contributed by atoms with E-state index >= 15 is 0 Å². The van der Waals surface area contributed by atoms with E-state index in [4.69, 9.17) is 11.6 Å². The van der Waals surface area contributed by atoms with Crippen molar-refractivity contribution in [1.29, 1.82) is 0 Å². The zero-order valence-electron chi connectivity index (χ0n) is 18.1. The van der Waals surface area contributed by atoms with Crippen molar-refractivity contribution in [2.45, 2.75) is 25.2 Å². The van der Waals surface area contributed by atoms with Crippen LogP contribution in [0.2, 0.25) is 5.02 Å². The maximum absolute atomic E-state index is 13.2. The largest absolute Gasteiger partial charge is 0.434 e. The third kappa shape index (κ3) is 4.67. The van der Waals surface area contributed by atoms with Crippen molar-refractivity contribution in [2.75, 3.05) is 18.4 Å². The van der Waals surface area contributed by atoms with Crippen LogP contribution in [0.3, 0.4) is 0 Å². The highest BCUT2D eigenvalue weighted by Crippen LogP contribution is 2.38. The van der Waals surface area contributed by atoms with Crippen LogP contribution in [0.4, 0.5) is 14.5 Å². The minimum atomic E-state index is -3.08. The van der Waals surface area contributed by atoms with Crippen molar-refractivity contribution in [3.63, 3.8) is 0 Å². The Balaban J connectivity index is 1.58. The number of rotatable bonds is 6. The van der Waals surface area contributed by atoms with E-state index in [1.807, 2.05) is 0 Å². The van der Waals surface area contributed by atoms with Crippen LogP contribution in [0.5, 0.6) is 5.75 Å². The van der Waals surface area contributed by atoms with Crippen LogP contribution >= 0.6 is 11.6 Å². The summed E-state index contributed by atoms with van der Waals surface area (Å²) in [5.74, 6) is -0.683. The molecule has 3 aromatic heterocycles. The fourth-order valence-corrected chi connectivity index (χ4v) is 4.22. The maximum atomic E-state index is 13.2. The molecule has 1 aliphatic rings. The van der Waals surface area contributed by atoms with Crippen LogP contribution in [-0.2, 0) is 0 Å². The van der Waals surface area contributed by atoms with Crippen LogP contribution in [-0.4, -0.2) is 61.2 Å². The van der Waals surface area contributed by atoms with Crippen LogP contribution in [0.1, 0.15) is 22.8 Å². The molecule has 0 saturated carbocycles. The summed E-state index contributed by atoms with van der Waals surface area (Å²) < 4.78 is 33.9. The first kappa shape index (κ1) is 23.1. The number of amides is 1. The van der Waals surface area contributed by atoms with Crippen LogP contribution in [0.25, 0.3) is 16.9 Å². The number of halogens is 3. The van der Waals surface area contributed by atoms with Crippen molar-refractivity contribution in [1.82, 2.24) is 29.7 Å². The number of anilines is 1. The summed E-state index contributed by atoms with van der Waals surface area (Å²) in [6.45, 7) is -2.05. The Bertz CT molecular complexity index is 1380. The molecule has 4 aromatic rings. The van der Waals surface area contributed by atoms with Gasteiger partial charge in [0.05, 0.1) is 24.0 Å². The van der Waals surface area contributed by atoms with Gasteiger partial charge in [0, 0.05) is 35.7 Å². The Labute approximate surface area is 202 Å². The number of benzene rings is 1. The number of nitrogens with one attached hydrogen (secondary N) is 2. The van der Waals surface area contributed by atoms with Gasteiger partial charge in [-0.25, -0.2) is 9.50 Å². The predicted molar refractivity (Wildman–Crippen MR) is 123 cm³/mol. The van der Waals surface area contributed by atoms with Gasteiger partial charge in [-0.05, 0) is 37.2 Å². The second kappa shape index (κ2) is 9.56. The van der Waals surface area contributed by atoms with E-state index < -0.39 is 24.7 Å². The molecule has 182 valence electrons. The molecule has 2 atom stereocenters. The predicted octanol–water partition coefficient (Wildman–Crippen LogP) is 3.00. The van der Waals surface area contributed by atoms with Gasteiger partial charge in [-0.2, -0.15) is 19.0 Å². The number of nitrogens with zero attached hydrogens (tertiary/aromatic N) is 5. The Morgan fingerprint density at radius 2 is 2.23 bits per heavy atom. The van der Waals surface area contributed by atoms with Gasteiger partial charge in [-0.3, -0.25) is 9.48 Å². The molecule has 13 heteroatoms. The molecule has 35 heavy (non-hydrogen) atoms. The van der Waals surface area contributed by atoms with Crippen LogP contribution in [0, 0.1) is 0 Å². The summed E-state index contributed by atoms with van der Waals surface area (Å²) in [5, 5.41) is 25.3. The van der Waals surface area contributed by atoms with Gasteiger partial charge in [0.15, 0.2) is 5.65 Å². The highest BCUT2D eigenvalue weighted by molar-refractivity contribution is 6.31. The Morgan fingerprint density at radius 3 is 3.03 bits per heavy atom. The third-order valence-corrected chi connectivity index (χ3v) is 5.91. The zero-order chi connectivity index (χ0) is 24.5. The second-order valence-electron chi connectivity index (χ2n) is 7.92. The van der Waals surface area contributed by atoms with Gasteiger partial charge in [0.2, 0.25) is 0 Å². The molecule has 4 heterocycles. The SMILES string of the molecule is O=C(Nc1cn([C@H]2CCNC[C@H]2O)nc1-c1cc(Cl)ccc1OC(F)F)c1cnn2cccnc12. The Hall–Kier alpha value is -3.61. The summed E-state index contributed by atoms with van der Waals surface area (Å²) in [5.41, 5.74) is 1.09. The quantitative estimate of drug-likeness (QED) is 0.370. The molecule has 0 spiro atoms. The lowest BCUT2D eigenvalue weighted by Gasteiger charge is -2.28. The number of carbonyl (C=O) groups is 1. The molecule has 1 saturated heterocycles. The number of carbonyl (C=O) groups excluding carboxylic acids is 1. The lowest BCUT2D eigenvalue weighted by atomic mass is 10.0. The van der Waals surface area contributed by atoms with Gasteiger partial charge in [-0.1, -0.05) is 11.6 Å². The average Bonchev–Trinajstić information content (AvgIpc) is 3.45. The van der Waals surface area contributed by atoms with Gasteiger partial charge in [0.25, 0.3) is 5.91 Å². The van der Waals surface area contributed by atoms with Crippen molar-refractivity contribution in [3.8, 4) is 17.0 Å². The second-order valence-corrected chi connectivity index (χ2v) is 8.35. The number of alkyl halides is 2. The fraction of sp³-hybridized carbons (Fsp3) is 0.273. The number of aliphatic hydroxyl groups excluding tert-OH is 1. The fourth-order valence-electron chi connectivity index (χ4n) is 4.05. The standard InChI is InChI=1S/C22H20ClF2N7O3/c23-12-2-3-18(35-22(24)25)13(8-12)19-15(11-32(30-19)16-4-6-26-10-17(16)33)29-21(34)14-9-28-31-7-1-5-27-20(14)31/h1-3,5,7-9,11,16-17,22,26,33H,4,6,10H2,(H,29,34)/t16-,17+/m0/s1. The first-order valence-corrected chi connectivity index (χ1v) is 11.1. The lowest BCUT2D eigenvalue weighted by molar-refractivity contribution is -0.0494. The van der Waals surface area contributed by atoms with E-state index in [-0.39, 0.29) is 33.3 Å². The lowest BCUT2D eigenvalue weighted by Crippen LogP contribution is -2.41. The Kier molecular flexibility index (Phi) is 6.32. The molecule has 1 aromatic carbocycles. The summed E-state index contributed by atoms with van der Waals surface area (Å²) in [4.78, 5) is 17.4. The summed E-state index contributed by atoms with van der Waals surface area (Å²) in [6.07, 6.45) is 5.96. The first-order chi connectivity index (χ1) is 16.9. The van der Waals surface area contributed by atoms with Gasteiger partial charge in [0.1, 0.15) is 17.0 Å². The number of piperidine rings is 1. The highest BCUT2D eigenvalue weighted by Gasteiger charge is 2.28. The number of β-amino-alcohol motifs (C(OH)–C–C–N with tert-alkyl or cyclic N) is 1. The Morgan fingerprint density at radius 1 is 1.37 bits per heavy atom. The number of hydrogen-bond donors (Lipinski definition) is 3. The molecule has 10 nitrogen and oxygen atoms in total. The molecular formula is C22H20ClF2N7O3. The summed E-state index contributed by atoms with van der Waals surface area (Å²) in [7, 11) is 0. The van der Waals surface area contributed by atoms with E-state index in [9.17, 15) is 18.7 Å². The van der Waals surface area contributed by atoms with Gasteiger partial charge >= 0.3 is 6.61 Å². The molecule has 0 unspecified atom stereocenters. The molecule has 1 aliphatic heterocycles. The van der Waals surface area contributed by atoms with Crippen molar-refractivity contribution in [3.05, 3.63) is 59.6 Å². The van der Waals surface area contributed by atoms with Gasteiger partial charge in [-0.15, -0.1) is 0 Å². The monoisotopic (exact) mass is 503 g/mol. The molecule has 1 amide bonds. The zero-order valence-corrected chi connectivity index (χ0v) is 18.9. The minimum absolute atomic E-state index is 0.159. The number of hydrogen-bond acceptors (Lipinski definition) is 7. The smallest absolute Gasteiger partial charge is 0.387 e. The van der Waals surface area contributed by atoms with E-state index in [1.165, 1.54) is 39.8 Å². The summed E-state index contributed by atoms with van der Waals surface area (Å²) >= 11 is 6.15. The van der Waals surface area contributed by atoms with Crippen LogP contribution in [0.15, 0.2) is 49.1 Å². The molecule has 0 aliphatic carbocycles.